The second kappa shape index (κ2) is 6.15. The third-order valence-electron chi connectivity index (χ3n) is 3.12. The minimum absolute atomic E-state index is 0.0465. The Morgan fingerprint density at radius 3 is 2.95 bits per heavy atom. The zero-order chi connectivity index (χ0) is 13.7. The number of hydrogen-bond acceptors (Lipinski definition) is 3. The number of benzene rings is 1. The van der Waals surface area contributed by atoms with E-state index in [9.17, 15) is 9.59 Å². The maximum atomic E-state index is 11.9. The van der Waals surface area contributed by atoms with E-state index in [4.69, 9.17) is 0 Å². The summed E-state index contributed by atoms with van der Waals surface area (Å²) < 4.78 is 0. The number of H-pyrrole nitrogens is 1. The lowest BCUT2D eigenvalue weighted by molar-refractivity contribution is -0.124. The van der Waals surface area contributed by atoms with E-state index in [1.807, 2.05) is 30.5 Å². The molecule has 0 saturated heterocycles. The lowest BCUT2D eigenvalue weighted by Gasteiger charge is -2.14. The van der Waals surface area contributed by atoms with Crippen LogP contribution in [-0.2, 0) is 16.0 Å². The maximum Gasteiger partial charge on any atom is 0.237 e. The van der Waals surface area contributed by atoms with Crippen LogP contribution in [0.5, 0.6) is 0 Å². The molecule has 1 aromatic carbocycles. The van der Waals surface area contributed by atoms with Crippen molar-refractivity contribution in [1.82, 2.24) is 15.6 Å². The number of carbonyl (C=O) groups is 2. The Hall–Kier alpha value is -2.14. The number of fused-ring (bicyclic) bond motifs is 1. The summed E-state index contributed by atoms with van der Waals surface area (Å²) in [7, 11) is 1.74. The van der Waals surface area contributed by atoms with Crippen molar-refractivity contribution in [2.45, 2.75) is 12.5 Å². The number of aromatic amines is 1. The van der Waals surface area contributed by atoms with Gasteiger partial charge in [-0.1, -0.05) is 18.2 Å². The lowest BCUT2D eigenvalue weighted by Crippen LogP contribution is -2.44. The van der Waals surface area contributed by atoms with Gasteiger partial charge in [0, 0.05) is 17.1 Å². The van der Waals surface area contributed by atoms with E-state index >= 15 is 0 Å². The average molecular weight is 259 g/mol. The van der Waals surface area contributed by atoms with Crippen molar-refractivity contribution in [3.8, 4) is 0 Å². The van der Waals surface area contributed by atoms with E-state index in [0.29, 0.717) is 12.7 Å². The van der Waals surface area contributed by atoms with E-state index in [-0.39, 0.29) is 18.5 Å². The predicted molar refractivity (Wildman–Crippen MR) is 73.9 cm³/mol. The van der Waals surface area contributed by atoms with Gasteiger partial charge in [-0.3, -0.25) is 4.79 Å². The molecule has 3 N–H and O–H groups in total. The van der Waals surface area contributed by atoms with Crippen molar-refractivity contribution in [1.29, 1.82) is 0 Å². The number of amides is 1. The summed E-state index contributed by atoms with van der Waals surface area (Å²) in [6, 6.07) is 7.62. The Labute approximate surface area is 111 Å². The summed E-state index contributed by atoms with van der Waals surface area (Å²) in [6.45, 7) is 0.0465. The highest BCUT2D eigenvalue weighted by Gasteiger charge is 2.17. The van der Waals surface area contributed by atoms with Crippen molar-refractivity contribution < 1.29 is 9.59 Å². The Bertz CT molecular complexity index is 577. The highest BCUT2D eigenvalue weighted by molar-refractivity contribution is 5.86. The molecule has 1 unspecified atom stereocenters. The molecule has 0 radical (unpaired) electrons. The molecule has 0 saturated carbocycles. The number of nitrogens with one attached hydrogen (secondary N) is 3. The number of para-hydroxylation sites is 1. The quantitative estimate of drug-likeness (QED) is 0.666. The van der Waals surface area contributed by atoms with Gasteiger partial charge in [0.2, 0.25) is 5.91 Å². The fourth-order valence-corrected chi connectivity index (χ4v) is 2.11. The fourth-order valence-electron chi connectivity index (χ4n) is 2.11. The van der Waals surface area contributed by atoms with Gasteiger partial charge < -0.3 is 20.4 Å². The van der Waals surface area contributed by atoms with Crippen LogP contribution in [0.3, 0.4) is 0 Å². The Morgan fingerprint density at radius 1 is 1.42 bits per heavy atom. The number of hydrogen-bond donors (Lipinski definition) is 3. The van der Waals surface area contributed by atoms with Gasteiger partial charge in [0.15, 0.2) is 0 Å². The lowest BCUT2D eigenvalue weighted by atomic mass is 10.0. The van der Waals surface area contributed by atoms with Crippen molar-refractivity contribution in [2.75, 3.05) is 13.6 Å². The summed E-state index contributed by atoms with van der Waals surface area (Å²) in [5.74, 6) is -0.167. The first-order valence-corrected chi connectivity index (χ1v) is 6.20. The van der Waals surface area contributed by atoms with Gasteiger partial charge in [-0.15, -0.1) is 0 Å². The minimum Gasteiger partial charge on any atom is -0.361 e. The highest BCUT2D eigenvalue weighted by Crippen LogP contribution is 2.18. The summed E-state index contributed by atoms with van der Waals surface area (Å²) in [6.07, 6.45) is 3.17. The summed E-state index contributed by atoms with van der Waals surface area (Å²) in [5, 5.41) is 6.65. The molecule has 0 fully saturated rings. The van der Waals surface area contributed by atoms with Crippen LogP contribution in [0, 0.1) is 0 Å². The molecule has 1 heterocycles. The minimum atomic E-state index is -0.348. The van der Waals surface area contributed by atoms with Gasteiger partial charge in [-0.2, -0.15) is 0 Å². The van der Waals surface area contributed by atoms with Crippen LogP contribution in [0.2, 0.25) is 0 Å². The van der Waals surface area contributed by atoms with E-state index < -0.39 is 0 Å². The fraction of sp³-hybridized carbons (Fsp3) is 0.286. The van der Waals surface area contributed by atoms with Crippen LogP contribution >= 0.6 is 0 Å². The molecule has 2 aromatic rings. The summed E-state index contributed by atoms with van der Waals surface area (Å²) in [4.78, 5) is 25.3. The third kappa shape index (κ3) is 3.00. The predicted octanol–water partition coefficient (Wildman–Crippen LogP) is 0.613. The molecule has 1 amide bonds. The Balaban J connectivity index is 2.13. The first kappa shape index (κ1) is 13.3. The summed E-state index contributed by atoms with van der Waals surface area (Å²) in [5.41, 5.74) is 2.14. The van der Waals surface area contributed by atoms with Crippen LogP contribution in [0.4, 0.5) is 0 Å². The monoisotopic (exact) mass is 259 g/mol. The Kier molecular flexibility index (Phi) is 4.30. The van der Waals surface area contributed by atoms with E-state index in [2.05, 4.69) is 15.6 Å². The van der Waals surface area contributed by atoms with Crippen molar-refractivity contribution in [2.24, 2.45) is 0 Å². The zero-order valence-electron chi connectivity index (χ0n) is 10.8. The number of aromatic nitrogens is 1. The van der Waals surface area contributed by atoms with Crippen molar-refractivity contribution in [3.63, 3.8) is 0 Å². The molecule has 0 aliphatic carbocycles. The SMILES string of the molecule is CNC(Cc1c[nH]c2ccccc12)C(=O)NCC=O. The van der Waals surface area contributed by atoms with E-state index in [1.54, 1.807) is 7.05 Å². The van der Waals surface area contributed by atoms with Crippen LogP contribution in [0.15, 0.2) is 30.5 Å². The zero-order valence-corrected chi connectivity index (χ0v) is 10.8. The summed E-state index contributed by atoms with van der Waals surface area (Å²) >= 11 is 0. The highest BCUT2D eigenvalue weighted by atomic mass is 16.2. The molecule has 5 heteroatoms. The van der Waals surface area contributed by atoms with Gasteiger partial charge in [0.1, 0.15) is 6.29 Å². The molecule has 0 aliphatic heterocycles. The number of likely N-dealkylation sites (N-methyl/N-ethyl adjacent to an activating group) is 1. The molecule has 2 rings (SSSR count). The van der Waals surface area contributed by atoms with Crippen LogP contribution in [0.1, 0.15) is 5.56 Å². The van der Waals surface area contributed by atoms with Crippen molar-refractivity contribution >= 4 is 23.1 Å². The molecule has 1 atom stereocenters. The smallest absolute Gasteiger partial charge is 0.237 e. The van der Waals surface area contributed by atoms with Gasteiger partial charge in [0.25, 0.3) is 0 Å². The van der Waals surface area contributed by atoms with Crippen LogP contribution in [-0.4, -0.2) is 36.8 Å². The third-order valence-corrected chi connectivity index (χ3v) is 3.12. The molecule has 0 bridgehead atoms. The Morgan fingerprint density at radius 2 is 2.21 bits per heavy atom. The number of carbonyl (C=O) groups excluding carboxylic acids is 2. The first-order chi connectivity index (χ1) is 9.26. The molecule has 1 aromatic heterocycles. The largest absolute Gasteiger partial charge is 0.361 e. The van der Waals surface area contributed by atoms with Gasteiger partial charge in [-0.25, -0.2) is 0 Å². The van der Waals surface area contributed by atoms with E-state index in [1.165, 1.54) is 0 Å². The molecule has 5 nitrogen and oxygen atoms in total. The van der Waals surface area contributed by atoms with Crippen molar-refractivity contribution in [3.05, 3.63) is 36.0 Å². The second-order valence-electron chi connectivity index (χ2n) is 4.32. The molecule has 100 valence electrons. The second-order valence-corrected chi connectivity index (χ2v) is 4.32. The molecule has 0 aliphatic rings. The number of rotatable bonds is 6. The molecule has 0 spiro atoms. The van der Waals surface area contributed by atoms with Gasteiger partial charge in [0.05, 0.1) is 12.6 Å². The normalized spacial score (nSPS) is 12.3. The molecular formula is C14H17N3O2. The van der Waals surface area contributed by atoms with E-state index in [0.717, 1.165) is 16.5 Å². The molecular weight excluding hydrogens is 242 g/mol. The first-order valence-electron chi connectivity index (χ1n) is 6.20. The van der Waals surface area contributed by atoms with Crippen LogP contribution < -0.4 is 10.6 Å². The maximum absolute atomic E-state index is 11.9. The molecule has 19 heavy (non-hydrogen) atoms. The topological polar surface area (TPSA) is 74.0 Å². The average Bonchev–Trinajstić information content (AvgIpc) is 2.85. The van der Waals surface area contributed by atoms with Gasteiger partial charge in [-0.05, 0) is 25.1 Å². The number of aldehydes is 1. The van der Waals surface area contributed by atoms with Gasteiger partial charge >= 0.3 is 0 Å². The van der Waals surface area contributed by atoms with Crippen LogP contribution in [0.25, 0.3) is 10.9 Å². The standard InChI is InChI=1S/C14H17N3O2/c1-15-13(14(19)16-6-7-18)8-10-9-17-12-5-3-2-4-11(10)12/h2-5,7,9,13,15,17H,6,8H2,1H3,(H,16,19).